The highest BCUT2D eigenvalue weighted by atomic mass is 32.1. The standard InChI is InChI=1S/C47H38N2S/c1-29(2)38-26-36(31-12-6-5-7-13-31)27-39(30(3)4)46(38)49-44-17-11-10-16-43(44)48-47(49)42-28-50-45-23-22-35(25-41(42)45)34-21-20-33-19-18-32-14-8-9-15-37(32)40(33)24-34/h5-30H,1-4H3. The fourth-order valence-corrected chi connectivity index (χ4v) is 8.53. The van der Waals surface area contributed by atoms with Crippen LogP contribution in [0.1, 0.15) is 50.7 Å². The van der Waals surface area contributed by atoms with Crippen LogP contribution in [-0.4, -0.2) is 9.55 Å². The first-order valence-corrected chi connectivity index (χ1v) is 18.5. The molecular weight excluding hydrogens is 625 g/mol. The Bertz CT molecular complexity index is 2680. The lowest BCUT2D eigenvalue weighted by atomic mass is 9.88. The summed E-state index contributed by atoms with van der Waals surface area (Å²) in [4.78, 5) is 5.41. The van der Waals surface area contributed by atoms with E-state index >= 15 is 0 Å². The van der Waals surface area contributed by atoms with E-state index in [0.29, 0.717) is 11.8 Å². The molecule has 0 aliphatic heterocycles. The van der Waals surface area contributed by atoms with Crippen LogP contribution < -0.4 is 0 Å². The molecule has 0 spiro atoms. The minimum absolute atomic E-state index is 0.315. The van der Waals surface area contributed by atoms with Gasteiger partial charge in [0.15, 0.2) is 0 Å². The van der Waals surface area contributed by atoms with E-state index < -0.39 is 0 Å². The normalized spacial score (nSPS) is 12.0. The van der Waals surface area contributed by atoms with Gasteiger partial charge >= 0.3 is 0 Å². The van der Waals surface area contributed by atoms with Crippen molar-refractivity contribution in [1.29, 1.82) is 0 Å². The molecule has 7 aromatic carbocycles. The maximum absolute atomic E-state index is 5.41. The van der Waals surface area contributed by atoms with Crippen molar-refractivity contribution in [3.8, 4) is 39.3 Å². The van der Waals surface area contributed by atoms with Gasteiger partial charge in [-0.2, -0.15) is 0 Å². The van der Waals surface area contributed by atoms with Gasteiger partial charge in [-0.1, -0.05) is 125 Å². The Labute approximate surface area is 297 Å². The van der Waals surface area contributed by atoms with Gasteiger partial charge in [0.05, 0.1) is 16.7 Å². The molecule has 2 aromatic heterocycles. The number of imidazole rings is 1. The van der Waals surface area contributed by atoms with Crippen LogP contribution in [0.2, 0.25) is 0 Å². The molecule has 0 unspecified atom stereocenters. The second kappa shape index (κ2) is 12.1. The van der Waals surface area contributed by atoms with Crippen molar-refractivity contribution in [2.24, 2.45) is 0 Å². The molecule has 50 heavy (non-hydrogen) atoms. The maximum Gasteiger partial charge on any atom is 0.147 e. The number of nitrogens with zero attached hydrogens (tertiary/aromatic N) is 2. The average molecular weight is 663 g/mol. The second-order valence-corrected chi connectivity index (χ2v) is 14.9. The molecule has 0 radical (unpaired) electrons. The van der Waals surface area contributed by atoms with Gasteiger partial charge in [0.25, 0.3) is 0 Å². The van der Waals surface area contributed by atoms with Crippen LogP contribution in [0.25, 0.3) is 82.0 Å². The third-order valence-electron chi connectivity index (χ3n) is 10.2. The van der Waals surface area contributed by atoms with Gasteiger partial charge in [0, 0.05) is 21.0 Å². The molecule has 3 heteroatoms. The predicted octanol–water partition coefficient (Wildman–Crippen LogP) is 13.8. The molecule has 0 atom stereocenters. The van der Waals surface area contributed by atoms with E-state index in [1.54, 1.807) is 11.3 Å². The molecule has 0 aliphatic rings. The van der Waals surface area contributed by atoms with E-state index in [9.17, 15) is 0 Å². The highest BCUT2D eigenvalue weighted by molar-refractivity contribution is 7.17. The number of hydrogen-bond acceptors (Lipinski definition) is 2. The Morgan fingerprint density at radius 3 is 1.90 bits per heavy atom. The van der Waals surface area contributed by atoms with Crippen molar-refractivity contribution < 1.29 is 0 Å². The first-order chi connectivity index (χ1) is 24.4. The van der Waals surface area contributed by atoms with Gasteiger partial charge in [-0.25, -0.2) is 4.98 Å². The number of thiophene rings is 1. The Balaban J connectivity index is 1.28. The first kappa shape index (κ1) is 30.5. The molecule has 0 saturated carbocycles. The highest BCUT2D eigenvalue weighted by Crippen LogP contribution is 2.43. The first-order valence-electron chi connectivity index (χ1n) is 17.6. The third kappa shape index (κ3) is 5.04. The van der Waals surface area contributed by atoms with E-state index in [-0.39, 0.29) is 0 Å². The molecule has 0 N–H and O–H groups in total. The molecule has 0 fully saturated rings. The van der Waals surface area contributed by atoms with Crippen molar-refractivity contribution in [2.45, 2.75) is 39.5 Å². The summed E-state index contributed by atoms with van der Waals surface area (Å²) >= 11 is 1.80. The van der Waals surface area contributed by atoms with Crippen LogP contribution >= 0.6 is 11.3 Å². The summed E-state index contributed by atoms with van der Waals surface area (Å²) in [5.74, 6) is 1.63. The topological polar surface area (TPSA) is 17.8 Å². The fraction of sp³-hybridized carbons (Fsp3) is 0.128. The lowest BCUT2D eigenvalue weighted by Gasteiger charge is -2.24. The lowest BCUT2D eigenvalue weighted by Crippen LogP contribution is -2.09. The molecular formula is C47H38N2S. The van der Waals surface area contributed by atoms with Gasteiger partial charge < -0.3 is 0 Å². The highest BCUT2D eigenvalue weighted by Gasteiger charge is 2.25. The van der Waals surface area contributed by atoms with Gasteiger partial charge in [-0.3, -0.25) is 4.57 Å². The summed E-state index contributed by atoms with van der Waals surface area (Å²) in [5, 5.41) is 8.65. The zero-order valence-electron chi connectivity index (χ0n) is 28.8. The summed E-state index contributed by atoms with van der Waals surface area (Å²) in [6.07, 6.45) is 0. The van der Waals surface area contributed by atoms with Crippen molar-refractivity contribution in [1.82, 2.24) is 9.55 Å². The van der Waals surface area contributed by atoms with E-state index in [4.69, 9.17) is 4.98 Å². The van der Waals surface area contributed by atoms with Crippen LogP contribution in [0.4, 0.5) is 0 Å². The molecule has 9 aromatic rings. The Morgan fingerprint density at radius 2 is 1.14 bits per heavy atom. The third-order valence-corrected chi connectivity index (χ3v) is 11.2. The smallest absolute Gasteiger partial charge is 0.147 e. The largest absolute Gasteiger partial charge is 0.292 e. The van der Waals surface area contributed by atoms with E-state index in [2.05, 4.69) is 177 Å². The Hall–Kier alpha value is -5.51. The van der Waals surface area contributed by atoms with Gasteiger partial charge in [-0.15, -0.1) is 11.3 Å². The quantitative estimate of drug-likeness (QED) is 0.162. The van der Waals surface area contributed by atoms with Gasteiger partial charge in [0.2, 0.25) is 0 Å². The van der Waals surface area contributed by atoms with Crippen LogP contribution in [-0.2, 0) is 0 Å². The maximum atomic E-state index is 5.41. The zero-order chi connectivity index (χ0) is 33.9. The predicted molar refractivity (Wildman–Crippen MR) is 216 cm³/mol. The van der Waals surface area contributed by atoms with Crippen molar-refractivity contribution >= 4 is 54.0 Å². The van der Waals surface area contributed by atoms with Crippen LogP contribution in [0.15, 0.2) is 145 Å². The molecule has 0 bridgehead atoms. The number of aromatic nitrogens is 2. The number of benzene rings is 7. The summed E-state index contributed by atoms with van der Waals surface area (Å²) in [5.41, 5.74) is 12.2. The second-order valence-electron chi connectivity index (χ2n) is 14.0. The molecule has 0 amide bonds. The zero-order valence-corrected chi connectivity index (χ0v) is 29.6. The minimum atomic E-state index is 0.315. The summed E-state index contributed by atoms with van der Waals surface area (Å²) in [6.45, 7) is 9.26. The Morgan fingerprint density at radius 1 is 0.520 bits per heavy atom. The number of rotatable bonds is 6. The van der Waals surface area contributed by atoms with E-state index in [0.717, 1.165) is 16.9 Å². The van der Waals surface area contributed by atoms with Crippen molar-refractivity contribution in [3.63, 3.8) is 0 Å². The number of para-hydroxylation sites is 2. The monoisotopic (exact) mass is 662 g/mol. The number of fused-ring (bicyclic) bond motifs is 5. The molecule has 2 nitrogen and oxygen atoms in total. The van der Waals surface area contributed by atoms with Crippen molar-refractivity contribution in [2.75, 3.05) is 0 Å². The van der Waals surface area contributed by atoms with Crippen LogP contribution in [0.3, 0.4) is 0 Å². The molecule has 9 rings (SSSR count). The van der Waals surface area contributed by atoms with Gasteiger partial charge in [0.1, 0.15) is 5.82 Å². The summed E-state index contributed by atoms with van der Waals surface area (Å²) < 4.78 is 3.73. The molecule has 0 saturated heterocycles. The summed E-state index contributed by atoms with van der Waals surface area (Å²) in [6, 6.07) is 51.2. The van der Waals surface area contributed by atoms with Crippen LogP contribution in [0, 0.1) is 0 Å². The fourth-order valence-electron chi connectivity index (χ4n) is 7.61. The number of hydrogen-bond donors (Lipinski definition) is 0. The minimum Gasteiger partial charge on any atom is -0.292 e. The van der Waals surface area contributed by atoms with Gasteiger partial charge in [-0.05, 0) is 109 Å². The molecule has 2 heterocycles. The molecule has 0 aliphatic carbocycles. The van der Waals surface area contributed by atoms with E-state index in [1.807, 2.05) is 0 Å². The summed E-state index contributed by atoms with van der Waals surface area (Å²) in [7, 11) is 0. The van der Waals surface area contributed by atoms with Crippen molar-refractivity contribution in [3.05, 3.63) is 156 Å². The van der Waals surface area contributed by atoms with Crippen LogP contribution in [0.5, 0.6) is 0 Å². The SMILES string of the molecule is CC(C)c1cc(-c2ccccc2)cc(C(C)C)c1-n1c(-c2csc3ccc(-c4ccc5ccc6ccccc6c5c4)cc23)nc2ccccc21. The lowest BCUT2D eigenvalue weighted by molar-refractivity contribution is 0.812. The van der Waals surface area contributed by atoms with E-state index in [1.165, 1.54) is 76.3 Å². The average Bonchev–Trinajstić information content (AvgIpc) is 3.75. The molecule has 242 valence electrons. The Kier molecular flexibility index (Phi) is 7.40.